The maximum atomic E-state index is 13.6. The maximum absolute atomic E-state index is 13.6. The number of nitrogens with zero attached hydrogens (tertiary/aromatic N) is 5. The number of rotatable bonds is 4. The summed E-state index contributed by atoms with van der Waals surface area (Å²) >= 11 is 0. The van der Waals surface area contributed by atoms with Gasteiger partial charge in [-0.2, -0.15) is 14.0 Å². The summed E-state index contributed by atoms with van der Waals surface area (Å²) < 4.78 is 29.9. The van der Waals surface area contributed by atoms with Crippen LogP contribution >= 0.6 is 0 Å². The molecule has 0 saturated heterocycles. The van der Waals surface area contributed by atoms with Gasteiger partial charge in [-0.1, -0.05) is 24.3 Å². The number of hydrogen-bond acceptors (Lipinski definition) is 3. The highest BCUT2D eigenvalue weighted by atomic mass is 19.3. The fraction of sp³-hybridized carbons (Fsp3) is 0.0500. The topological polar surface area (TPSA) is 59.4 Å². The third kappa shape index (κ3) is 3.09. The van der Waals surface area contributed by atoms with E-state index in [2.05, 4.69) is 9.97 Å². The largest absolute Gasteiger partial charge is 0.320 e. The van der Waals surface area contributed by atoms with Crippen molar-refractivity contribution < 1.29 is 8.78 Å². The highest BCUT2D eigenvalue weighted by Gasteiger charge is 2.20. The molecule has 0 aliphatic carbocycles. The van der Waals surface area contributed by atoms with Gasteiger partial charge in [0.1, 0.15) is 6.07 Å². The molecule has 0 saturated carbocycles. The Morgan fingerprint density at radius 1 is 1.11 bits per heavy atom. The van der Waals surface area contributed by atoms with Crippen LogP contribution in [-0.4, -0.2) is 19.1 Å². The average molecular weight is 361 g/mol. The zero-order valence-electron chi connectivity index (χ0n) is 14.0. The lowest BCUT2D eigenvalue weighted by atomic mass is 10.1. The van der Waals surface area contributed by atoms with Gasteiger partial charge in [0, 0.05) is 18.1 Å². The van der Waals surface area contributed by atoms with E-state index in [0.717, 1.165) is 10.3 Å². The van der Waals surface area contributed by atoms with Crippen LogP contribution in [0.25, 0.3) is 28.4 Å². The van der Waals surface area contributed by atoms with Crippen molar-refractivity contribution in [3.63, 3.8) is 0 Å². The predicted molar refractivity (Wildman–Crippen MR) is 98.0 cm³/mol. The lowest BCUT2D eigenvalue weighted by molar-refractivity contribution is 0.0738. The molecule has 0 atom stereocenters. The molecule has 2 aromatic carbocycles. The van der Waals surface area contributed by atoms with Gasteiger partial charge < -0.3 is 4.57 Å². The molecule has 0 radical (unpaired) electrons. The van der Waals surface area contributed by atoms with Gasteiger partial charge in [-0.15, -0.1) is 0 Å². The van der Waals surface area contributed by atoms with Gasteiger partial charge in [-0.3, -0.25) is 4.57 Å². The van der Waals surface area contributed by atoms with Crippen molar-refractivity contribution in [1.82, 2.24) is 19.1 Å². The lowest BCUT2D eigenvalue weighted by Crippen LogP contribution is -2.03. The van der Waals surface area contributed by atoms with E-state index in [1.54, 1.807) is 42.9 Å². The van der Waals surface area contributed by atoms with Crippen LogP contribution in [0.15, 0.2) is 67.3 Å². The number of alkyl halides is 2. The molecule has 132 valence electrons. The van der Waals surface area contributed by atoms with Gasteiger partial charge in [0.2, 0.25) is 0 Å². The van der Waals surface area contributed by atoms with Crippen LogP contribution in [0.4, 0.5) is 8.78 Å². The first-order valence-corrected chi connectivity index (χ1v) is 8.13. The molecule has 7 heteroatoms. The Bertz CT molecular complexity index is 1150. The zero-order valence-corrected chi connectivity index (χ0v) is 14.0. The fourth-order valence-corrected chi connectivity index (χ4v) is 2.90. The first-order valence-electron chi connectivity index (χ1n) is 8.13. The molecule has 27 heavy (non-hydrogen) atoms. The second-order valence-corrected chi connectivity index (χ2v) is 5.80. The Balaban J connectivity index is 1.77. The van der Waals surface area contributed by atoms with Gasteiger partial charge in [0.25, 0.3) is 0 Å². The van der Waals surface area contributed by atoms with E-state index in [9.17, 15) is 14.0 Å². The zero-order chi connectivity index (χ0) is 18.8. The number of fused-ring (bicyclic) bond motifs is 1. The van der Waals surface area contributed by atoms with Gasteiger partial charge in [-0.25, -0.2) is 9.97 Å². The van der Waals surface area contributed by atoms with Crippen molar-refractivity contribution in [3.8, 4) is 11.8 Å². The predicted octanol–water partition coefficient (Wildman–Crippen LogP) is 4.68. The molecule has 0 aliphatic rings. The van der Waals surface area contributed by atoms with E-state index in [4.69, 9.17) is 0 Å². The van der Waals surface area contributed by atoms with Gasteiger partial charge in [-0.05, 0) is 35.9 Å². The van der Waals surface area contributed by atoms with Crippen molar-refractivity contribution in [1.29, 1.82) is 5.26 Å². The quantitative estimate of drug-likeness (QED) is 0.496. The summed E-state index contributed by atoms with van der Waals surface area (Å²) in [5.74, 6) is -0.0487. The van der Waals surface area contributed by atoms with Gasteiger partial charge >= 0.3 is 6.55 Å². The van der Waals surface area contributed by atoms with E-state index in [1.165, 1.54) is 0 Å². The van der Waals surface area contributed by atoms with Crippen LogP contribution < -0.4 is 0 Å². The van der Waals surface area contributed by atoms with Crippen molar-refractivity contribution in [2.75, 3.05) is 0 Å². The van der Waals surface area contributed by atoms with Crippen molar-refractivity contribution in [2.45, 2.75) is 6.55 Å². The minimum Gasteiger partial charge on any atom is -0.306 e. The van der Waals surface area contributed by atoms with Gasteiger partial charge in [0.05, 0.1) is 22.9 Å². The lowest BCUT2D eigenvalue weighted by Gasteiger charge is -2.07. The van der Waals surface area contributed by atoms with Crippen LogP contribution in [0.3, 0.4) is 0 Å². The van der Waals surface area contributed by atoms with E-state index >= 15 is 0 Å². The Morgan fingerprint density at radius 3 is 2.56 bits per heavy atom. The maximum Gasteiger partial charge on any atom is 0.320 e. The van der Waals surface area contributed by atoms with Crippen molar-refractivity contribution in [2.24, 2.45) is 0 Å². The molecule has 0 aliphatic heterocycles. The van der Waals surface area contributed by atoms with E-state index < -0.39 is 6.55 Å². The molecule has 2 heterocycles. The number of halogens is 2. The number of nitriles is 1. The van der Waals surface area contributed by atoms with E-state index in [1.807, 2.05) is 41.1 Å². The van der Waals surface area contributed by atoms with Gasteiger partial charge in [0.15, 0.2) is 5.82 Å². The highest BCUT2D eigenvalue weighted by molar-refractivity contribution is 5.91. The SMILES string of the molecule is N#C/C(=C\c1ccc(-n2ccnc2)cc1)c1nc2ccccc2n1C(F)F. The Morgan fingerprint density at radius 2 is 1.89 bits per heavy atom. The third-order valence-corrected chi connectivity index (χ3v) is 4.16. The van der Waals surface area contributed by atoms with Crippen LogP contribution in [0.2, 0.25) is 0 Å². The second-order valence-electron chi connectivity index (χ2n) is 5.80. The standard InChI is InChI=1S/C20H13F2N5/c21-20(22)27-18-4-2-1-3-17(18)25-19(27)15(12-23)11-14-5-7-16(8-6-14)26-10-9-24-13-26/h1-11,13,20H/b15-11+. The molecule has 0 unspecified atom stereocenters. The smallest absolute Gasteiger partial charge is 0.306 e. The molecule has 4 rings (SSSR count). The van der Waals surface area contributed by atoms with Crippen LogP contribution in [-0.2, 0) is 0 Å². The molecule has 0 bridgehead atoms. The Kier molecular flexibility index (Phi) is 4.22. The minimum atomic E-state index is -2.80. The monoisotopic (exact) mass is 361 g/mol. The van der Waals surface area contributed by atoms with Crippen molar-refractivity contribution >= 4 is 22.7 Å². The number of imidazole rings is 2. The Hall–Kier alpha value is -3.79. The second kappa shape index (κ2) is 6.84. The summed E-state index contributed by atoms with van der Waals surface area (Å²) in [6.45, 7) is -2.80. The van der Waals surface area contributed by atoms with Crippen LogP contribution in [0.1, 0.15) is 17.9 Å². The summed E-state index contributed by atoms with van der Waals surface area (Å²) in [7, 11) is 0. The molecular weight excluding hydrogens is 348 g/mol. The molecule has 0 spiro atoms. The normalized spacial score (nSPS) is 11.9. The minimum absolute atomic E-state index is 0.0487. The van der Waals surface area contributed by atoms with Crippen LogP contribution in [0.5, 0.6) is 0 Å². The summed E-state index contributed by atoms with van der Waals surface area (Å²) in [5.41, 5.74) is 2.40. The number of benzene rings is 2. The first-order chi connectivity index (χ1) is 13.2. The summed E-state index contributed by atoms with van der Waals surface area (Å²) in [6, 6.07) is 15.9. The number of para-hydroxylation sites is 2. The summed E-state index contributed by atoms with van der Waals surface area (Å²) in [5, 5.41) is 9.55. The molecule has 4 aromatic rings. The van der Waals surface area contributed by atoms with Crippen LogP contribution in [0, 0.1) is 11.3 Å². The summed E-state index contributed by atoms with van der Waals surface area (Å²) in [6.07, 6.45) is 6.72. The molecule has 2 aromatic heterocycles. The van der Waals surface area contributed by atoms with E-state index in [0.29, 0.717) is 16.6 Å². The van der Waals surface area contributed by atoms with Crippen molar-refractivity contribution in [3.05, 3.63) is 78.6 Å². The number of hydrogen-bond donors (Lipinski definition) is 0. The molecular formula is C20H13F2N5. The number of allylic oxidation sites excluding steroid dienone is 1. The molecule has 5 nitrogen and oxygen atoms in total. The average Bonchev–Trinajstić information content (AvgIpc) is 3.34. The molecule has 0 N–H and O–H groups in total. The highest BCUT2D eigenvalue weighted by Crippen LogP contribution is 2.28. The molecule has 0 amide bonds. The first kappa shape index (κ1) is 16.7. The van der Waals surface area contributed by atoms with E-state index in [-0.39, 0.29) is 11.4 Å². The summed E-state index contributed by atoms with van der Waals surface area (Å²) in [4.78, 5) is 8.23. The molecule has 0 fully saturated rings. The fourth-order valence-electron chi connectivity index (χ4n) is 2.90. The third-order valence-electron chi connectivity index (χ3n) is 4.16. The Labute approximate surface area is 153 Å². The number of aromatic nitrogens is 4.